The molecule has 0 bridgehead atoms. The van der Waals surface area contributed by atoms with Crippen LogP contribution in [0.5, 0.6) is 0 Å². The second-order valence-electron chi connectivity index (χ2n) is 2.63. The minimum absolute atomic E-state index is 0.758. The van der Waals surface area contributed by atoms with Gasteiger partial charge in [0.1, 0.15) is 0 Å². The van der Waals surface area contributed by atoms with Gasteiger partial charge in [0, 0.05) is 13.1 Å². The highest BCUT2D eigenvalue weighted by molar-refractivity contribution is 4.93. The molecule has 1 unspecified atom stereocenters. The molecule has 1 atom stereocenters. The van der Waals surface area contributed by atoms with Gasteiger partial charge < -0.3 is 4.90 Å². The average molecular weight is 141 g/mol. The quantitative estimate of drug-likeness (QED) is 0.467. The molecule has 1 heteroatoms. The van der Waals surface area contributed by atoms with Gasteiger partial charge in [-0.2, -0.15) is 0 Å². The van der Waals surface area contributed by atoms with E-state index in [9.17, 15) is 0 Å². The molecule has 0 spiro atoms. The van der Waals surface area contributed by atoms with E-state index in [4.69, 9.17) is 0 Å². The van der Waals surface area contributed by atoms with Gasteiger partial charge in [0.2, 0.25) is 0 Å². The van der Waals surface area contributed by atoms with Gasteiger partial charge in [0.05, 0.1) is 0 Å². The molecule has 1 aliphatic rings. The van der Waals surface area contributed by atoms with Crippen LogP contribution < -0.4 is 0 Å². The molecular formula is C9H19N. The SMILES string of the molecule is CC.CC1C=CCN(C)C1. The third kappa shape index (κ3) is 3.67. The Morgan fingerprint density at radius 2 is 2.00 bits per heavy atom. The number of hydrogen-bond acceptors (Lipinski definition) is 1. The van der Waals surface area contributed by atoms with E-state index in [1.807, 2.05) is 13.8 Å². The molecule has 10 heavy (non-hydrogen) atoms. The summed E-state index contributed by atoms with van der Waals surface area (Å²) < 4.78 is 0. The van der Waals surface area contributed by atoms with Crippen LogP contribution in [0.4, 0.5) is 0 Å². The summed E-state index contributed by atoms with van der Waals surface area (Å²) in [6, 6.07) is 0. The Balaban J connectivity index is 0.000000371. The van der Waals surface area contributed by atoms with E-state index in [0.717, 1.165) is 12.5 Å². The standard InChI is InChI=1S/C7H13N.C2H6/c1-7-4-3-5-8(2)6-7;1-2/h3-4,7H,5-6H2,1-2H3;1-2H3. The summed E-state index contributed by atoms with van der Waals surface area (Å²) in [5.74, 6) is 0.758. The monoisotopic (exact) mass is 141 g/mol. The van der Waals surface area contributed by atoms with Crippen LogP contribution in [-0.4, -0.2) is 25.0 Å². The maximum absolute atomic E-state index is 2.32. The van der Waals surface area contributed by atoms with Crippen molar-refractivity contribution >= 4 is 0 Å². The molecule has 0 aromatic heterocycles. The zero-order chi connectivity index (χ0) is 7.98. The van der Waals surface area contributed by atoms with Crippen LogP contribution in [-0.2, 0) is 0 Å². The first kappa shape index (κ1) is 9.70. The van der Waals surface area contributed by atoms with Crippen LogP contribution in [0.15, 0.2) is 12.2 Å². The van der Waals surface area contributed by atoms with Crippen molar-refractivity contribution in [3.63, 3.8) is 0 Å². The molecule has 0 saturated heterocycles. The molecule has 0 fully saturated rings. The Morgan fingerprint density at radius 3 is 2.30 bits per heavy atom. The third-order valence-corrected chi connectivity index (χ3v) is 1.48. The Hall–Kier alpha value is -0.300. The predicted octanol–water partition coefficient (Wildman–Crippen LogP) is 2.15. The molecule has 0 N–H and O–H groups in total. The van der Waals surface area contributed by atoms with E-state index in [2.05, 4.69) is 31.0 Å². The van der Waals surface area contributed by atoms with Crippen molar-refractivity contribution < 1.29 is 0 Å². The first-order chi connectivity index (χ1) is 4.79. The van der Waals surface area contributed by atoms with Gasteiger partial charge in [-0.3, -0.25) is 0 Å². The third-order valence-electron chi connectivity index (χ3n) is 1.48. The highest BCUT2D eigenvalue weighted by Crippen LogP contribution is 2.04. The molecule has 0 radical (unpaired) electrons. The molecule has 0 aliphatic carbocycles. The van der Waals surface area contributed by atoms with Crippen molar-refractivity contribution in [2.75, 3.05) is 20.1 Å². The van der Waals surface area contributed by atoms with Crippen molar-refractivity contribution in [1.82, 2.24) is 4.90 Å². The van der Waals surface area contributed by atoms with Gasteiger partial charge in [-0.05, 0) is 13.0 Å². The Labute approximate surface area is 64.7 Å². The highest BCUT2D eigenvalue weighted by atomic mass is 15.1. The maximum atomic E-state index is 2.32. The van der Waals surface area contributed by atoms with Crippen molar-refractivity contribution in [3.8, 4) is 0 Å². The van der Waals surface area contributed by atoms with Crippen molar-refractivity contribution in [2.24, 2.45) is 5.92 Å². The van der Waals surface area contributed by atoms with E-state index < -0.39 is 0 Å². The smallest absolute Gasteiger partial charge is 0.0160 e. The van der Waals surface area contributed by atoms with Gasteiger partial charge in [-0.15, -0.1) is 0 Å². The van der Waals surface area contributed by atoms with Gasteiger partial charge >= 0.3 is 0 Å². The molecule has 1 aliphatic heterocycles. The van der Waals surface area contributed by atoms with Crippen LogP contribution in [0.1, 0.15) is 20.8 Å². The number of nitrogens with zero attached hydrogens (tertiary/aromatic N) is 1. The zero-order valence-electron chi connectivity index (χ0n) is 7.59. The molecule has 1 heterocycles. The topological polar surface area (TPSA) is 3.24 Å². The summed E-state index contributed by atoms with van der Waals surface area (Å²) in [6.07, 6.45) is 4.51. The lowest BCUT2D eigenvalue weighted by Crippen LogP contribution is -2.26. The molecule has 0 aromatic carbocycles. The predicted molar refractivity (Wildman–Crippen MR) is 47.1 cm³/mol. The largest absolute Gasteiger partial charge is 0.302 e. The minimum Gasteiger partial charge on any atom is -0.302 e. The molecule has 1 rings (SSSR count). The summed E-state index contributed by atoms with van der Waals surface area (Å²) in [5.41, 5.74) is 0. The fourth-order valence-corrected chi connectivity index (χ4v) is 1.10. The summed E-state index contributed by atoms with van der Waals surface area (Å²) >= 11 is 0. The van der Waals surface area contributed by atoms with Crippen LogP contribution in [0.25, 0.3) is 0 Å². The molecule has 0 amide bonds. The lowest BCUT2D eigenvalue weighted by Gasteiger charge is -2.21. The van der Waals surface area contributed by atoms with Crippen molar-refractivity contribution in [3.05, 3.63) is 12.2 Å². The van der Waals surface area contributed by atoms with Crippen molar-refractivity contribution in [2.45, 2.75) is 20.8 Å². The molecule has 0 saturated carbocycles. The molecule has 0 aromatic rings. The Bertz CT molecular complexity index is 96.9. The maximum Gasteiger partial charge on any atom is 0.0160 e. The summed E-state index contributed by atoms with van der Waals surface area (Å²) in [6.45, 7) is 8.59. The van der Waals surface area contributed by atoms with Gasteiger partial charge in [0.15, 0.2) is 0 Å². The summed E-state index contributed by atoms with van der Waals surface area (Å²) in [5, 5.41) is 0. The highest BCUT2D eigenvalue weighted by Gasteiger charge is 2.04. The summed E-state index contributed by atoms with van der Waals surface area (Å²) in [7, 11) is 2.15. The lowest BCUT2D eigenvalue weighted by atomic mass is 10.1. The lowest BCUT2D eigenvalue weighted by molar-refractivity contribution is 0.323. The Morgan fingerprint density at radius 1 is 1.40 bits per heavy atom. The molecule has 60 valence electrons. The minimum atomic E-state index is 0.758. The van der Waals surface area contributed by atoms with Crippen LogP contribution in [0.2, 0.25) is 0 Å². The van der Waals surface area contributed by atoms with E-state index >= 15 is 0 Å². The van der Waals surface area contributed by atoms with Gasteiger partial charge in [0.25, 0.3) is 0 Å². The molecular weight excluding hydrogens is 122 g/mol. The van der Waals surface area contributed by atoms with E-state index in [1.165, 1.54) is 6.54 Å². The van der Waals surface area contributed by atoms with Crippen LogP contribution in [0, 0.1) is 5.92 Å². The van der Waals surface area contributed by atoms with Crippen LogP contribution >= 0.6 is 0 Å². The first-order valence-electron chi connectivity index (χ1n) is 4.14. The second-order valence-corrected chi connectivity index (χ2v) is 2.63. The number of rotatable bonds is 0. The van der Waals surface area contributed by atoms with Crippen molar-refractivity contribution in [1.29, 1.82) is 0 Å². The normalized spacial score (nSPS) is 25.4. The fraction of sp³-hybridized carbons (Fsp3) is 0.778. The van der Waals surface area contributed by atoms with Gasteiger partial charge in [-0.1, -0.05) is 32.9 Å². The first-order valence-corrected chi connectivity index (χ1v) is 4.14. The van der Waals surface area contributed by atoms with Gasteiger partial charge in [-0.25, -0.2) is 0 Å². The van der Waals surface area contributed by atoms with Crippen LogP contribution in [0.3, 0.4) is 0 Å². The second kappa shape index (κ2) is 5.48. The summed E-state index contributed by atoms with van der Waals surface area (Å²) in [4.78, 5) is 2.32. The number of likely N-dealkylation sites (N-methyl/N-ethyl adjacent to an activating group) is 1. The van der Waals surface area contributed by atoms with E-state index in [-0.39, 0.29) is 0 Å². The number of hydrogen-bond donors (Lipinski definition) is 0. The fourth-order valence-electron chi connectivity index (χ4n) is 1.10. The van der Waals surface area contributed by atoms with E-state index in [1.54, 1.807) is 0 Å². The molecule has 1 nitrogen and oxygen atoms in total. The zero-order valence-corrected chi connectivity index (χ0v) is 7.59. The van der Waals surface area contributed by atoms with E-state index in [0.29, 0.717) is 0 Å². The average Bonchev–Trinajstić information content (AvgIpc) is 1.91. The Kier molecular flexibility index (Phi) is 5.32.